The number of hydrogen-bond donors (Lipinski definition) is 2. The zero-order chi connectivity index (χ0) is 26.6. The first kappa shape index (κ1) is 31.3. The molecule has 0 heterocycles. The largest absolute Gasteiger partial charge is 0.508 e. The van der Waals surface area contributed by atoms with Gasteiger partial charge in [0.1, 0.15) is 11.5 Å². The van der Waals surface area contributed by atoms with Crippen molar-refractivity contribution in [2.75, 3.05) is 0 Å². The first-order chi connectivity index (χ1) is 18.1. The Morgan fingerprint density at radius 2 is 0.676 bits per heavy atom. The van der Waals surface area contributed by atoms with E-state index in [1.54, 1.807) is 0 Å². The smallest absolute Gasteiger partial charge is 0.115 e. The minimum atomic E-state index is -0.0658. The fourth-order valence-electron chi connectivity index (χ4n) is 5.90. The quantitative estimate of drug-likeness (QED) is 0.155. The van der Waals surface area contributed by atoms with Crippen LogP contribution in [0.5, 0.6) is 11.5 Å². The zero-order valence-electron chi connectivity index (χ0n) is 24.2. The maximum Gasteiger partial charge on any atom is 0.115 e. The van der Waals surface area contributed by atoms with E-state index in [0.717, 1.165) is 12.8 Å². The Balaban J connectivity index is 2.02. The summed E-state index contributed by atoms with van der Waals surface area (Å²) in [5.74, 6) is 0.656. The van der Waals surface area contributed by atoms with Gasteiger partial charge in [0.05, 0.1) is 0 Å². The van der Waals surface area contributed by atoms with Crippen LogP contribution in [0.1, 0.15) is 153 Å². The van der Waals surface area contributed by atoms with E-state index < -0.39 is 0 Å². The summed E-state index contributed by atoms with van der Waals surface area (Å²) in [7, 11) is 0. The molecule has 0 unspecified atom stereocenters. The van der Waals surface area contributed by atoms with Crippen LogP contribution in [0.15, 0.2) is 48.5 Å². The third-order valence-electron chi connectivity index (χ3n) is 8.25. The highest BCUT2D eigenvalue weighted by Crippen LogP contribution is 2.43. The fourth-order valence-corrected chi connectivity index (χ4v) is 5.90. The maximum atomic E-state index is 10.00. The molecule has 2 nitrogen and oxygen atoms in total. The van der Waals surface area contributed by atoms with Crippen molar-refractivity contribution in [1.29, 1.82) is 0 Å². The molecule has 0 saturated carbocycles. The van der Waals surface area contributed by atoms with E-state index >= 15 is 0 Å². The lowest BCUT2D eigenvalue weighted by Gasteiger charge is -2.36. The molecule has 0 fully saturated rings. The SMILES string of the molecule is CCCCCCCCCCCC(CCCCCCCCCCC)(c1ccc(O)cc1)c1ccc(O)cc1. The Hall–Kier alpha value is -1.96. The molecule has 2 heteroatoms. The molecule has 2 aromatic rings. The second-order valence-corrected chi connectivity index (χ2v) is 11.3. The molecule has 0 radical (unpaired) electrons. The molecule has 0 atom stereocenters. The summed E-state index contributed by atoms with van der Waals surface area (Å²) >= 11 is 0. The molecule has 0 spiro atoms. The van der Waals surface area contributed by atoms with Gasteiger partial charge in [-0.3, -0.25) is 0 Å². The van der Waals surface area contributed by atoms with Crippen molar-refractivity contribution in [2.45, 2.75) is 148 Å². The third kappa shape index (κ3) is 12.0. The summed E-state index contributed by atoms with van der Waals surface area (Å²) in [6.07, 6.45) is 26.3. The average Bonchev–Trinajstić information content (AvgIpc) is 2.91. The number of rotatable bonds is 22. The van der Waals surface area contributed by atoms with Crippen molar-refractivity contribution in [1.82, 2.24) is 0 Å². The molecule has 0 aliphatic rings. The van der Waals surface area contributed by atoms with Crippen molar-refractivity contribution in [3.05, 3.63) is 59.7 Å². The molecule has 0 amide bonds. The summed E-state index contributed by atoms with van der Waals surface area (Å²) in [6.45, 7) is 4.56. The molecular formula is C35H56O2. The van der Waals surface area contributed by atoms with Gasteiger partial charge in [0.2, 0.25) is 0 Å². The number of aromatic hydroxyl groups is 2. The maximum absolute atomic E-state index is 10.00. The first-order valence-corrected chi connectivity index (χ1v) is 15.7. The van der Waals surface area contributed by atoms with Gasteiger partial charge in [0.25, 0.3) is 0 Å². The molecule has 37 heavy (non-hydrogen) atoms. The van der Waals surface area contributed by atoms with E-state index in [-0.39, 0.29) is 5.41 Å². The van der Waals surface area contributed by atoms with Gasteiger partial charge >= 0.3 is 0 Å². The summed E-state index contributed by atoms with van der Waals surface area (Å²) in [5, 5.41) is 20.0. The Labute approximate surface area is 228 Å². The highest BCUT2D eigenvalue weighted by molar-refractivity contribution is 5.43. The molecule has 0 aromatic heterocycles. The molecule has 0 aliphatic heterocycles. The minimum absolute atomic E-state index is 0.0658. The van der Waals surface area contributed by atoms with Crippen LogP contribution >= 0.6 is 0 Å². The van der Waals surface area contributed by atoms with Crippen molar-refractivity contribution in [3.8, 4) is 11.5 Å². The molecule has 0 bridgehead atoms. The predicted molar refractivity (Wildman–Crippen MR) is 161 cm³/mol. The van der Waals surface area contributed by atoms with Gasteiger partial charge in [0.15, 0.2) is 0 Å². The Morgan fingerprint density at radius 1 is 0.405 bits per heavy atom. The number of phenolic OH excluding ortho intramolecular Hbond substituents is 2. The van der Waals surface area contributed by atoms with Crippen LogP contribution in [0.4, 0.5) is 0 Å². The lowest BCUT2D eigenvalue weighted by Crippen LogP contribution is -2.28. The topological polar surface area (TPSA) is 40.5 Å². The van der Waals surface area contributed by atoms with Crippen LogP contribution in [0, 0.1) is 0 Å². The lowest BCUT2D eigenvalue weighted by atomic mass is 9.68. The van der Waals surface area contributed by atoms with E-state index in [2.05, 4.69) is 38.1 Å². The standard InChI is InChI=1S/C35H56O2/c1-3-5-7-9-11-13-15-17-19-29-35(31-21-25-33(36)26-22-31,32-23-27-34(37)28-24-32)30-20-18-16-14-12-10-8-6-4-2/h21-28,36-37H,3-20,29-30H2,1-2H3. The minimum Gasteiger partial charge on any atom is -0.508 e. The normalized spacial score (nSPS) is 11.7. The van der Waals surface area contributed by atoms with Crippen molar-refractivity contribution in [3.63, 3.8) is 0 Å². The van der Waals surface area contributed by atoms with Gasteiger partial charge in [-0.25, -0.2) is 0 Å². The van der Waals surface area contributed by atoms with Crippen LogP contribution in [0.2, 0.25) is 0 Å². The van der Waals surface area contributed by atoms with Gasteiger partial charge in [-0.2, -0.15) is 0 Å². The van der Waals surface area contributed by atoms with Crippen LogP contribution < -0.4 is 0 Å². The van der Waals surface area contributed by atoms with E-state index in [1.165, 1.54) is 127 Å². The van der Waals surface area contributed by atoms with Crippen molar-refractivity contribution < 1.29 is 10.2 Å². The monoisotopic (exact) mass is 508 g/mol. The molecule has 2 N–H and O–H groups in total. The molecule has 208 valence electrons. The highest BCUT2D eigenvalue weighted by atomic mass is 16.3. The molecule has 2 aromatic carbocycles. The number of hydrogen-bond acceptors (Lipinski definition) is 2. The van der Waals surface area contributed by atoms with Crippen LogP contribution in [-0.2, 0) is 5.41 Å². The average molecular weight is 509 g/mol. The fraction of sp³-hybridized carbons (Fsp3) is 0.657. The van der Waals surface area contributed by atoms with Gasteiger partial charge in [-0.05, 0) is 48.2 Å². The van der Waals surface area contributed by atoms with E-state index in [9.17, 15) is 10.2 Å². The Bertz CT molecular complexity index is 724. The summed E-state index contributed by atoms with van der Waals surface area (Å²) in [5.41, 5.74) is 2.54. The van der Waals surface area contributed by atoms with Crippen LogP contribution in [0.25, 0.3) is 0 Å². The Morgan fingerprint density at radius 3 is 0.973 bits per heavy atom. The van der Waals surface area contributed by atoms with E-state index in [1.807, 2.05) is 24.3 Å². The van der Waals surface area contributed by atoms with Gasteiger partial charge in [-0.1, -0.05) is 154 Å². The zero-order valence-corrected chi connectivity index (χ0v) is 24.2. The van der Waals surface area contributed by atoms with E-state index in [0.29, 0.717) is 11.5 Å². The number of benzene rings is 2. The predicted octanol–water partition coefficient (Wildman–Crippen LogP) is 11.2. The summed E-state index contributed by atoms with van der Waals surface area (Å²) in [6, 6.07) is 15.9. The lowest BCUT2D eigenvalue weighted by molar-refractivity contribution is 0.388. The van der Waals surface area contributed by atoms with Crippen molar-refractivity contribution in [2.24, 2.45) is 0 Å². The number of unbranched alkanes of at least 4 members (excludes halogenated alkanes) is 16. The molecule has 0 saturated heterocycles. The molecular weight excluding hydrogens is 452 g/mol. The van der Waals surface area contributed by atoms with Crippen LogP contribution in [0.3, 0.4) is 0 Å². The summed E-state index contributed by atoms with van der Waals surface area (Å²) in [4.78, 5) is 0. The highest BCUT2D eigenvalue weighted by Gasteiger charge is 2.33. The molecule has 0 aliphatic carbocycles. The van der Waals surface area contributed by atoms with Crippen molar-refractivity contribution >= 4 is 0 Å². The second-order valence-electron chi connectivity index (χ2n) is 11.3. The summed E-state index contributed by atoms with van der Waals surface area (Å²) < 4.78 is 0. The van der Waals surface area contributed by atoms with Gasteiger partial charge < -0.3 is 10.2 Å². The third-order valence-corrected chi connectivity index (χ3v) is 8.25. The van der Waals surface area contributed by atoms with Crippen LogP contribution in [-0.4, -0.2) is 10.2 Å². The molecule has 2 rings (SSSR count). The number of phenols is 2. The van der Waals surface area contributed by atoms with Gasteiger partial charge in [0, 0.05) is 5.41 Å². The van der Waals surface area contributed by atoms with E-state index in [4.69, 9.17) is 0 Å². The Kier molecular flexibility index (Phi) is 16.2. The van der Waals surface area contributed by atoms with Gasteiger partial charge in [-0.15, -0.1) is 0 Å². The first-order valence-electron chi connectivity index (χ1n) is 15.7. The second kappa shape index (κ2) is 19.2.